The van der Waals surface area contributed by atoms with E-state index < -0.39 is 10.4 Å². The second kappa shape index (κ2) is 5.96. The van der Waals surface area contributed by atoms with E-state index in [2.05, 4.69) is 3.63 Å². The van der Waals surface area contributed by atoms with Crippen LogP contribution < -0.4 is 35.3 Å². The standard InChI is InChI=1S/C6H7NO4S2.Na/c7-5-1-3-6(4-2-5)12-11-13(8,9)10;/h1-4H,7H2,(H,8,9,10);/q;+1/p-1. The Bertz CT molecular complexity index is 377. The first-order valence-electron chi connectivity index (χ1n) is 3.15. The van der Waals surface area contributed by atoms with Gasteiger partial charge in [-0.05, 0) is 24.3 Å². The van der Waals surface area contributed by atoms with Crippen LogP contribution in [0.4, 0.5) is 5.69 Å². The van der Waals surface area contributed by atoms with Crippen molar-refractivity contribution in [3.63, 3.8) is 0 Å². The van der Waals surface area contributed by atoms with Crippen molar-refractivity contribution >= 4 is 28.1 Å². The summed E-state index contributed by atoms with van der Waals surface area (Å²) >= 11 is 0.480. The fourth-order valence-electron chi connectivity index (χ4n) is 0.604. The van der Waals surface area contributed by atoms with Crippen molar-refractivity contribution in [2.24, 2.45) is 0 Å². The molecule has 0 aromatic heterocycles. The summed E-state index contributed by atoms with van der Waals surface area (Å²) in [6.45, 7) is 0. The van der Waals surface area contributed by atoms with E-state index in [1.807, 2.05) is 0 Å². The molecule has 0 aliphatic heterocycles. The van der Waals surface area contributed by atoms with Crippen molar-refractivity contribution in [2.45, 2.75) is 4.90 Å². The molecule has 0 heterocycles. The van der Waals surface area contributed by atoms with E-state index in [1.165, 1.54) is 0 Å². The normalized spacial score (nSPS) is 10.6. The van der Waals surface area contributed by atoms with Crippen LogP contribution in [-0.4, -0.2) is 13.0 Å². The van der Waals surface area contributed by atoms with Crippen molar-refractivity contribution in [2.75, 3.05) is 5.73 Å². The van der Waals surface area contributed by atoms with Gasteiger partial charge in [0.25, 0.3) is 0 Å². The quantitative estimate of drug-likeness (QED) is 0.212. The van der Waals surface area contributed by atoms with Crippen LogP contribution in [0.15, 0.2) is 29.2 Å². The van der Waals surface area contributed by atoms with E-state index in [4.69, 9.17) is 5.73 Å². The van der Waals surface area contributed by atoms with E-state index in [1.54, 1.807) is 24.3 Å². The van der Waals surface area contributed by atoms with Gasteiger partial charge in [-0.2, -0.15) is 0 Å². The average molecular weight is 243 g/mol. The molecule has 14 heavy (non-hydrogen) atoms. The topological polar surface area (TPSA) is 92.5 Å². The Morgan fingerprint density at radius 2 is 1.79 bits per heavy atom. The molecule has 0 aliphatic rings. The fourth-order valence-corrected chi connectivity index (χ4v) is 1.50. The molecule has 0 aliphatic carbocycles. The predicted octanol–water partition coefficient (Wildman–Crippen LogP) is -2.24. The predicted molar refractivity (Wildman–Crippen MR) is 47.5 cm³/mol. The van der Waals surface area contributed by atoms with Gasteiger partial charge in [-0.15, -0.1) is 0 Å². The van der Waals surface area contributed by atoms with Gasteiger partial charge in [-0.1, -0.05) is 0 Å². The van der Waals surface area contributed by atoms with Crippen LogP contribution in [0.2, 0.25) is 0 Å². The third kappa shape index (κ3) is 5.86. The van der Waals surface area contributed by atoms with Crippen LogP contribution >= 0.6 is 12.0 Å². The summed E-state index contributed by atoms with van der Waals surface area (Å²) in [7, 11) is -4.65. The van der Waals surface area contributed by atoms with E-state index >= 15 is 0 Å². The van der Waals surface area contributed by atoms with Gasteiger partial charge in [0.15, 0.2) is 0 Å². The maximum absolute atomic E-state index is 10.0. The first kappa shape index (κ1) is 14.2. The molecule has 5 nitrogen and oxygen atoms in total. The second-order valence-electron chi connectivity index (χ2n) is 2.13. The SMILES string of the molecule is Nc1ccc(SOS(=O)(=O)[O-])cc1.[Na+]. The van der Waals surface area contributed by atoms with Crippen molar-refractivity contribution in [1.82, 2.24) is 0 Å². The summed E-state index contributed by atoms with van der Waals surface area (Å²) in [5, 5.41) is 0. The summed E-state index contributed by atoms with van der Waals surface area (Å²) in [5.74, 6) is 0. The minimum atomic E-state index is -4.65. The number of anilines is 1. The molecule has 0 unspecified atom stereocenters. The maximum atomic E-state index is 10.0. The number of nitrogens with two attached hydrogens (primary N) is 1. The van der Waals surface area contributed by atoms with Crippen LogP contribution in [0.25, 0.3) is 0 Å². The molecule has 0 atom stereocenters. The number of nitrogen functional groups attached to an aromatic ring is 1. The van der Waals surface area contributed by atoms with Gasteiger partial charge in [-0.25, -0.2) is 12.0 Å². The zero-order valence-corrected chi connectivity index (χ0v) is 11.0. The molecule has 72 valence electrons. The molecule has 0 bridgehead atoms. The Labute approximate surface area is 108 Å². The fraction of sp³-hybridized carbons (Fsp3) is 0. The smallest absolute Gasteiger partial charge is 0.725 e. The van der Waals surface area contributed by atoms with E-state index in [0.29, 0.717) is 22.6 Å². The molecule has 0 saturated carbocycles. The number of rotatable bonds is 3. The van der Waals surface area contributed by atoms with Crippen LogP contribution in [0.1, 0.15) is 0 Å². The third-order valence-corrected chi connectivity index (χ3v) is 2.50. The van der Waals surface area contributed by atoms with Gasteiger partial charge in [0.1, 0.15) is 0 Å². The van der Waals surface area contributed by atoms with Gasteiger partial charge >= 0.3 is 29.6 Å². The van der Waals surface area contributed by atoms with Gasteiger partial charge in [0, 0.05) is 22.6 Å². The van der Waals surface area contributed by atoms with E-state index in [-0.39, 0.29) is 29.6 Å². The molecule has 0 radical (unpaired) electrons. The largest absolute Gasteiger partial charge is 1.00 e. The monoisotopic (exact) mass is 243 g/mol. The molecular weight excluding hydrogens is 237 g/mol. The molecular formula is C6H6NNaO4S2. The summed E-state index contributed by atoms with van der Waals surface area (Å²) in [4.78, 5) is 0.494. The van der Waals surface area contributed by atoms with E-state index in [9.17, 15) is 13.0 Å². The van der Waals surface area contributed by atoms with Crippen LogP contribution in [0, 0.1) is 0 Å². The summed E-state index contributed by atoms with van der Waals surface area (Å²) in [5.41, 5.74) is 5.93. The first-order valence-corrected chi connectivity index (χ1v) is 5.22. The number of hydrogen-bond acceptors (Lipinski definition) is 6. The molecule has 1 rings (SSSR count). The van der Waals surface area contributed by atoms with Crippen LogP contribution in [0.3, 0.4) is 0 Å². The number of benzene rings is 1. The van der Waals surface area contributed by atoms with E-state index in [0.717, 1.165) is 0 Å². The van der Waals surface area contributed by atoms with Gasteiger partial charge in [0.05, 0.1) is 0 Å². The van der Waals surface area contributed by atoms with Crippen molar-refractivity contribution in [1.29, 1.82) is 0 Å². The molecule has 1 aromatic rings. The summed E-state index contributed by atoms with van der Waals surface area (Å²) in [6.07, 6.45) is 0. The minimum Gasteiger partial charge on any atom is -0.725 e. The molecule has 0 amide bonds. The first-order chi connectivity index (χ1) is 5.97. The number of hydrogen-bond donors (Lipinski definition) is 1. The van der Waals surface area contributed by atoms with Gasteiger partial charge < -0.3 is 10.3 Å². The second-order valence-corrected chi connectivity index (χ2v) is 4.13. The Morgan fingerprint density at radius 3 is 2.21 bits per heavy atom. The van der Waals surface area contributed by atoms with Crippen LogP contribution in [0.5, 0.6) is 0 Å². The van der Waals surface area contributed by atoms with Crippen molar-refractivity contribution in [3.05, 3.63) is 24.3 Å². The molecule has 0 saturated heterocycles. The minimum absolute atomic E-state index is 0. The Balaban J connectivity index is 0.00000169. The van der Waals surface area contributed by atoms with Gasteiger partial charge in [0.2, 0.25) is 10.4 Å². The van der Waals surface area contributed by atoms with Crippen molar-refractivity contribution < 1.29 is 46.2 Å². The molecule has 2 N–H and O–H groups in total. The zero-order chi connectivity index (χ0) is 9.90. The summed E-state index contributed by atoms with van der Waals surface area (Å²) in [6, 6.07) is 6.24. The van der Waals surface area contributed by atoms with Crippen molar-refractivity contribution in [3.8, 4) is 0 Å². The van der Waals surface area contributed by atoms with Crippen LogP contribution in [-0.2, 0) is 14.0 Å². The Morgan fingerprint density at radius 1 is 1.29 bits per heavy atom. The Hall–Kier alpha value is 0.240. The zero-order valence-electron chi connectivity index (χ0n) is 7.34. The molecule has 0 spiro atoms. The third-order valence-electron chi connectivity index (χ3n) is 1.09. The molecule has 0 fully saturated rings. The maximum Gasteiger partial charge on any atom is 1.00 e. The molecule has 8 heteroatoms. The average Bonchev–Trinajstić information content (AvgIpc) is 2.02. The van der Waals surface area contributed by atoms with Gasteiger partial charge in [-0.3, -0.25) is 0 Å². The molecule has 1 aromatic carbocycles. The Kier molecular flexibility index (Phi) is 6.06. The summed E-state index contributed by atoms with van der Waals surface area (Å²) < 4.78 is 34.1.